The molecular weight excluding hydrogens is 1360 g/mol. The molecule has 592 valence electrons. The molecule has 0 heterocycles. The highest BCUT2D eigenvalue weighted by Gasteiger charge is 2.34. The van der Waals surface area contributed by atoms with Gasteiger partial charge in [0, 0.05) is 56.7 Å². The van der Waals surface area contributed by atoms with E-state index in [1.807, 2.05) is 156 Å². The third kappa shape index (κ3) is 45.0. The first kappa shape index (κ1) is 94.2. The quantitative estimate of drug-likeness (QED) is 0.0192. The smallest absolute Gasteiger partial charge is 0.407 e. The summed E-state index contributed by atoms with van der Waals surface area (Å²) >= 11 is 0. The van der Waals surface area contributed by atoms with Crippen molar-refractivity contribution in [2.24, 2.45) is 46.8 Å². The molecule has 0 aliphatic carbocycles. The van der Waals surface area contributed by atoms with Gasteiger partial charge in [0.1, 0.15) is 11.6 Å². The number of aliphatic carboxylic acids is 1. The SMILES string of the molecule is CC(C)C[C@@H](CC(=O)[C@@H](Cc1ccccc1)NC(=O)[C@H](C)Cc1ccccc1)C(=O)N[C@H](CCCCNC(=O)OC(C)(C)C)C(=O)O.CC(C)C[C@@H](CC(=O)[C@@H](Cc1ccccc1)NC(=O)[C@H](N)Cc1ccccc1)C(=O)N[C@H](CCCCN)C(=O)CCCOCCOCCO.NCCOCCOCCO. The molecule has 8 atom stereocenters. The van der Waals surface area contributed by atoms with Crippen LogP contribution in [0.1, 0.15) is 155 Å². The summed E-state index contributed by atoms with van der Waals surface area (Å²) in [5.41, 5.74) is 20.2. The van der Waals surface area contributed by atoms with Gasteiger partial charge in [0.25, 0.3) is 0 Å². The predicted molar refractivity (Wildman–Crippen MR) is 410 cm³/mol. The number of hydrogen-bond donors (Lipinski definition) is 11. The van der Waals surface area contributed by atoms with E-state index in [1.165, 1.54) is 0 Å². The van der Waals surface area contributed by atoms with Crippen molar-refractivity contribution in [2.45, 2.75) is 194 Å². The highest BCUT2D eigenvalue weighted by atomic mass is 16.6. The Morgan fingerprint density at radius 1 is 0.434 bits per heavy atom. The Balaban J connectivity index is 0.000000636. The third-order valence-corrected chi connectivity index (χ3v) is 16.6. The van der Waals surface area contributed by atoms with Crippen LogP contribution >= 0.6 is 0 Å². The van der Waals surface area contributed by atoms with Gasteiger partial charge in [-0.15, -0.1) is 0 Å². The average molecular weight is 1480 g/mol. The van der Waals surface area contributed by atoms with Gasteiger partial charge >= 0.3 is 12.1 Å². The van der Waals surface area contributed by atoms with Crippen LogP contribution in [0.25, 0.3) is 0 Å². The highest BCUT2D eigenvalue weighted by Crippen LogP contribution is 2.23. The van der Waals surface area contributed by atoms with E-state index in [-0.39, 0.29) is 105 Å². The Kier molecular flexibility index (Phi) is 50.2. The van der Waals surface area contributed by atoms with Gasteiger partial charge < -0.3 is 82.8 Å². The van der Waals surface area contributed by atoms with Crippen molar-refractivity contribution in [1.29, 1.82) is 0 Å². The monoisotopic (exact) mass is 1480 g/mol. The molecule has 0 bridgehead atoms. The van der Waals surface area contributed by atoms with Gasteiger partial charge in [0.15, 0.2) is 17.3 Å². The summed E-state index contributed by atoms with van der Waals surface area (Å²) in [4.78, 5) is 119. The maximum atomic E-state index is 13.9. The van der Waals surface area contributed by atoms with E-state index >= 15 is 0 Å². The number of carboxylic acid groups (broad SMARTS) is 1. The standard InChI is InChI=1S/C38H58N4O7.C37H53N3O7.C6H15NO3/c1-28(2)24-31(37(46)41-33(16-9-10-18-39)35(44)17-11-20-48-22-23-49-21-19-43)27-36(45)34(26-30-14-7-4-8-15-30)42-38(47)32(40)25-29-12-5-3-6-13-29;1-25(2)21-29(34(43)39-30(35(44)45)19-13-14-20-38-36(46)47-37(4,5)6)24-32(41)31(23-28-17-11-8-12-18-28)40-33(42)26(3)22-27-15-9-7-10-16-27;7-1-3-9-5-6-10-4-2-8/h3-8,12-15,28,31-34,43H,9-11,16-27,39-40H2,1-2H3,(H,41,46)(H,42,47);7-12,15-18,25-26,29-31H,13-14,19-24H2,1-6H3,(H,38,46)(H,39,43)(H,40,42)(H,44,45);8H,1-7H2/t31-,32+,33+,34+;26-,29+,30-,31-;/m01./s1. The molecule has 4 aromatic rings. The van der Waals surface area contributed by atoms with E-state index in [1.54, 1.807) is 20.8 Å². The van der Waals surface area contributed by atoms with Gasteiger partial charge in [-0.25, -0.2) is 9.59 Å². The van der Waals surface area contributed by atoms with Crippen LogP contribution in [-0.2, 0) is 87.7 Å². The minimum Gasteiger partial charge on any atom is -0.480 e. The lowest BCUT2D eigenvalue weighted by Crippen LogP contribution is -2.51. The summed E-state index contributed by atoms with van der Waals surface area (Å²) in [6.45, 7) is 19.7. The van der Waals surface area contributed by atoms with Crippen molar-refractivity contribution in [1.82, 2.24) is 26.6 Å². The maximum Gasteiger partial charge on any atom is 0.407 e. The number of Topliss-reactive ketones (excluding diaryl/α,β-unsaturated/α-hetero) is 3. The molecule has 0 saturated carbocycles. The summed E-state index contributed by atoms with van der Waals surface area (Å²) in [5, 5.41) is 41.0. The molecule has 106 heavy (non-hydrogen) atoms. The van der Waals surface area contributed by atoms with Crippen molar-refractivity contribution in [3.63, 3.8) is 0 Å². The summed E-state index contributed by atoms with van der Waals surface area (Å²) in [7, 11) is 0. The van der Waals surface area contributed by atoms with Gasteiger partial charge in [0.05, 0.1) is 83.6 Å². The molecule has 25 nitrogen and oxygen atoms in total. The highest BCUT2D eigenvalue weighted by molar-refractivity contribution is 5.96. The van der Waals surface area contributed by atoms with Gasteiger partial charge in [-0.3, -0.25) is 33.6 Å². The number of alkyl carbamates (subject to hydrolysis) is 1. The molecule has 5 amide bonds. The molecule has 0 fully saturated rings. The van der Waals surface area contributed by atoms with Gasteiger partial charge in [-0.05, 0) is 145 Å². The minimum atomic E-state index is -1.17. The lowest BCUT2D eigenvalue weighted by Gasteiger charge is -2.25. The van der Waals surface area contributed by atoms with E-state index in [9.17, 15) is 48.3 Å². The van der Waals surface area contributed by atoms with E-state index < -0.39 is 71.5 Å². The molecule has 0 spiro atoms. The first-order valence-corrected chi connectivity index (χ1v) is 37.5. The van der Waals surface area contributed by atoms with Crippen LogP contribution < -0.4 is 43.8 Å². The van der Waals surface area contributed by atoms with E-state index in [2.05, 4.69) is 26.6 Å². The Morgan fingerprint density at radius 2 is 0.830 bits per heavy atom. The van der Waals surface area contributed by atoms with Crippen LogP contribution in [0.15, 0.2) is 121 Å². The summed E-state index contributed by atoms with van der Waals surface area (Å²) < 4.78 is 25.8. The molecule has 4 aromatic carbocycles. The second-order valence-corrected chi connectivity index (χ2v) is 28.3. The third-order valence-electron chi connectivity index (χ3n) is 16.6. The largest absolute Gasteiger partial charge is 0.480 e. The number of rotatable bonds is 53. The van der Waals surface area contributed by atoms with Gasteiger partial charge in [-0.1, -0.05) is 156 Å². The fourth-order valence-corrected chi connectivity index (χ4v) is 11.3. The molecule has 25 heteroatoms. The van der Waals surface area contributed by atoms with Crippen LogP contribution in [0.3, 0.4) is 0 Å². The van der Waals surface area contributed by atoms with Crippen molar-refractivity contribution < 1.29 is 82.2 Å². The zero-order chi connectivity index (χ0) is 78.5. The topological polar surface area (TPSA) is 399 Å². The number of carbonyl (C=O) groups excluding carboxylic acids is 8. The molecule has 4 rings (SSSR count). The zero-order valence-electron chi connectivity index (χ0n) is 64.1. The number of ether oxygens (including phenoxy) is 5. The minimum absolute atomic E-state index is 0.0489. The molecule has 0 aliphatic heterocycles. The first-order valence-electron chi connectivity index (χ1n) is 37.5. The number of nitrogens with one attached hydrogen (secondary N) is 5. The predicted octanol–water partition coefficient (Wildman–Crippen LogP) is 7.34. The molecular formula is C81H126N8O17. The molecule has 0 aromatic heterocycles. The second kappa shape index (κ2) is 56.4. The fraction of sp³-hybridized carbons (Fsp3) is 0.593. The van der Waals surface area contributed by atoms with E-state index in [0.717, 1.165) is 28.7 Å². The van der Waals surface area contributed by atoms with Crippen LogP contribution in [-0.4, -0.2) is 190 Å². The van der Waals surface area contributed by atoms with Crippen LogP contribution in [0.2, 0.25) is 0 Å². The molecule has 0 radical (unpaired) electrons. The number of ketones is 3. The molecule has 0 unspecified atom stereocenters. The Bertz CT molecular complexity index is 3060. The molecule has 0 aliphatic rings. The number of carboxylic acids is 1. The van der Waals surface area contributed by atoms with E-state index in [4.69, 9.17) is 51.1 Å². The average Bonchev–Trinajstić information content (AvgIpc) is 0.860. The maximum absolute atomic E-state index is 13.9. The number of hydrogen-bond acceptors (Lipinski definition) is 19. The van der Waals surface area contributed by atoms with Crippen molar-refractivity contribution in [2.75, 3.05) is 85.7 Å². The lowest BCUT2D eigenvalue weighted by molar-refractivity contribution is -0.143. The van der Waals surface area contributed by atoms with Crippen molar-refractivity contribution in [3.05, 3.63) is 144 Å². The summed E-state index contributed by atoms with van der Waals surface area (Å²) in [6, 6.07) is 33.5. The Morgan fingerprint density at radius 3 is 1.25 bits per heavy atom. The van der Waals surface area contributed by atoms with E-state index in [0.29, 0.717) is 124 Å². The van der Waals surface area contributed by atoms with Crippen LogP contribution in [0, 0.1) is 29.6 Å². The number of carbonyl (C=O) groups is 9. The van der Waals surface area contributed by atoms with Crippen LogP contribution in [0.5, 0.6) is 0 Å². The number of amides is 5. The number of nitrogens with two attached hydrogens (primary N) is 3. The number of aliphatic hydroxyl groups is 2. The first-order chi connectivity index (χ1) is 50.7. The molecule has 0 saturated heterocycles. The summed E-state index contributed by atoms with van der Waals surface area (Å²) in [6.07, 6.45) is 5.06. The lowest BCUT2D eigenvalue weighted by atomic mass is 9.87. The number of aliphatic hydroxyl groups excluding tert-OH is 2. The Hall–Kier alpha value is -7.85. The fourth-order valence-electron chi connectivity index (χ4n) is 11.3. The number of unbranched alkanes of at least 4 members (excludes halogenated alkanes) is 2. The van der Waals surface area contributed by atoms with Gasteiger partial charge in [0.2, 0.25) is 23.6 Å². The number of benzene rings is 4. The summed E-state index contributed by atoms with van der Waals surface area (Å²) in [5.74, 6) is -5.03. The second-order valence-electron chi connectivity index (χ2n) is 28.3. The van der Waals surface area contributed by atoms with Gasteiger partial charge in [-0.2, -0.15) is 0 Å². The van der Waals surface area contributed by atoms with Crippen molar-refractivity contribution >= 4 is 53.0 Å². The normalized spacial score (nSPS) is 13.5. The zero-order valence-corrected chi connectivity index (χ0v) is 64.1. The molecule has 14 N–H and O–H groups in total. The Labute approximate surface area is 629 Å². The van der Waals surface area contributed by atoms with Crippen LogP contribution in [0.4, 0.5) is 4.79 Å². The van der Waals surface area contributed by atoms with Crippen molar-refractivity contribution in [3.8, 4) is 0 Å².